The second-order valence-corrected chi connectivity index (χ2v) is 7.15. The summed E-state index contributed by atoms with van der Waals surface area (Å²) in [6.07, 6.45) is 0. The minimum Gasteiger partial charge on any atom is -0.478 e. The van der Waals surface area contributed by atoms with Crippen molar-refractivity contribution in [2.24, 2.45) is 10.3 Å². The number of nitrogens with zero attached hydrogens (tertiary/aromatic N) is 3. The second-order valence-electron chi connectivity index (χ2n) is 5.30. The molecule has 8 nitrogen and oxygen atoms in total. The Hall–Kier alpha value is -0.490. The molecule has 0 amide bonds. The molecule has 2 radical (unpaired) electrons. The zero-order valence-electron chi connectivity index (χ0n) is 15.9. The van der Waals surface area contributed by atoms with E-state index in [4.69, 9.17) is 16.2 Å². The number of carbonyl (C=O) groups is 1. The molecule has 0 unspecified atom stereocenters. The number of anilines is 1. The van der Waals surface area contributed by atoms with Crippen LogP contribution in [-0.4, -0.2) is 89.7 Å². The van der Waals surface area contributed by atoms with Crippen molar-refractivity contribution < 1.29 is 22.9 Å². The average molecular weight is 444 g/mol. The van der Waals surface area contributed by atoms with Gasteiger partial charge in [-0.25, -0.2) is 9.80 Å². The molecule has 0 heterocycles. The standard InChI is InChI=1S/C16H16ClN3O5S.2Na/c1-3-20(19-18-14-6-4-11(17)8-10(14)2)15-7-5-12(26(23,24)25)9-13(15)16(21)22;;/h4-9H,3H2,1-2H3,(H,21,22)(H,23,24,25);;. The maximum Gasteiger partial charge on any atom is 0.337 e. The number of hydrogen-bond donors (Lipinski definition) is 2. The van der Waals surface area contributed by atoms with E-state index in [0.717, 1.165) is 17.7 Å². The first-order valence-corrected chi connectivity index (χ1v) is 9.25. The maximum absolute atomic E-state index is 11.5. The van der Waals surface area contributed by atoms with Crippen LogP contribution in [0.3, 0.4) is 0 Å². The molecule has 0 atom stereocenters. The van der Waals surface area contributed by atoms with Gasteiger partial charge in [-0.05, 0) is 55.8 Å². The number of benzene rings is 2. The number of carboxylic acids is 1. The monoisotopic (exact) mass is 443 g/mol. The van der Waals surface area contributed by atoms with Crippen molar-refractivity contribution in [2.75, 3.05) is 11.6 Å². The number of rotatable bonds is 6. The van der Waals surface area contributed by atoms with E-state index in [1.54, 1.807) is 32.0 Å². The predicted molar refractivity (Wildman–Crippen MR) is 108 cm³/mol. The van der Waals surface area contributed by atoms with Gasteiger partial charge in [0.1, 0.15) is 0 Å². The van der Waals surface area contributed by atoms with Crippen molar-refractivity contribution >= 4 is 98.2 Å². The van der Waals surface area contributed by atoms with E-state index in [1.807, 2.05) is 0 Å². The Bertz CT molecular complexity index is 986. The van der Waals surface area contributed by atoms with Crippen LogP contribution in [0.25, 0.3) is 0 Å². The molecule has 12 heteroatoms. The fourth-order valence-electron chi connectivity index (χ4n) is 2.19. The molecule has 0 aliphatic heterocycles. The molecule has 140 valence electrons. The molecule has 0 aliphatic rings. The minimum absolute atomic E-state index is 0. The van der Waals surface area contributed by atoms with E-state index in [9.17, 15) is 18.3 Å². The van der Waals surface area contributed by atoms with E-state index in [1.165, 1.54) is 11.1 Å². The van der Waals surface area contributed by atoms with Crippen LogP contribution in [0.5, 0.6) is 0 Å². The number of halogens is 1. The molecule has 2 aromatic rings. The molecular weight excluding hydrogens is 428 g/mol. The van der Waals surface area contributed by atoms with Gasteiger partial charge < -0.3 is 5.11 Å². The van der Waals surface area contributed by atoms with Gasteiger partial charge in [-0.2, -0.15) is 8.42 Å². The molecule has 28 heavy (non-hydrogen) atoms. The fourth-order valence-corrected chi connectivity index (χ4v) is 2.92. The summed E-state index contributed by atoms with van der Waals surface area (Å²) in [6, 6.07) is 8.28. The van der Waals surface area contributed by atoms with Crippen LogP contribution in [0.2, 0.25) is 5.02 Å². The summed E-state index contributed by atoms with van der Waals surface area (Å²) < 4.78 is 31.6. The molecule has 0 spiro atoms. The summed E-state index contributed by atoms with van der Waals surface area (Å²) in [4.78, 5) is 11.0. The van der Waals surface area contributed by atoms with Gasteiger partial charge in [0.25, 0.3) is 10.1 Å². The Kier molecular flexibility index (Phi) is 11.4. The van der Waals surface area contributed by atoms with E-state index in [-0.39, 0.29) is 76.9 Å². The molecule has 0 aliphatic carbocycles. The van der Waals surface area contributed by atoms with Crippen molar-refractivity contribution in [2.45, 2.75) is 18.7 Å². The quantitative estimate of drug-likeness (QED) is 0.306. The van der Waals surface area contributed by atoms with Gasteiger partial charge in [0.2, 0.25) is 0 Å². The Morgan fingerprint density at radius 1 is 1.18 bits per heavy atom. The van der Waals surface area contributed by atoms with Crippen molar-refractivity contribution in [3.8, 4) is 0 Å². The molecule has 0 aromatic heterocycles. The van der Waals surface area contributed by atoms with Gasteiger partial charge in [-0.1, -0.05) is 16.8 Å². The topological polar surface area (TPSA) is 120 Å². The van der Waals surface area contributed by atoms with Crippen LogP contribution in [0.1, 0.15) is 22.8 Å². The van der Waals surface area contributed by atoms with Gasteiger partial charge in [0.05, 0.1) is 21.8 Å². The zero-order valence-corrected chi connectivity index (χ0v) is 21.5. The number of carboxylic acid groups (broad SMARTS) is 1. The number of aromatic carboxylic acids is 1. The maximum atomic E-state index is 11.5. The predicted octanol–water partition coefficient (Wildman–Crippen LogP) is 3.36. The molecule has 2 aromatic carbocycles. The van der Waals surface area contributed by atoms with Crippen molar-refractivity contribution in [3.63, 3.8) is 0 Å². The SMILES string of the molecule is CCN(N=Nc1ccc(Cl)cc1C)c1ccc(S(=O)(=O)O)cc1C(=O)O.[Na].[Na]. The third-order valence-electron chi connectivity index (χ3n) is 3.49. The first-order valence-electron chi connectivity index (χ1n) is 7.43. The summed E-state index contributed by atoms with van der Waals surface area (Å²) in [5.41, 5.74) is 1.16. The smallest absolute Gasteiger partial charge is 0.337 e. The summed E-state index contributed by atoms with van der Waals surface area (Å²) in [5.74, 6) is -1.36. The van der Waals surface area contributed by atoms with Crippen LogP contribution < -0.4 is 5.01 Å². The van der Waals surface area contributed by atoms with Crippen molar-refractivity contribution in [1.82, 2.24) is 0 Å². The van der Waals surface area contributed by atoms with E-state index in [2.05, 4.69) is 10.3 Å². The largest absolute Gasteiger partial charge is 0.478 e. The van der Waals surface area contributed by atoms with Gasteiger partial charge in [0, 0.05) is 70.7 Å². The summed E-state index contributed by atoms with van der Waals surface area (Å²) in [7, 11) is -4.52. The molecular formula is C16H16ClN3Na2O5S. The Morgan fingerprint density at radius 3 is 2.32 bits per heavy atom. The van der Waals surface area contributed by atoms with Crippen LogP contribution in [0, 0.1) is 6.92 Å². The first-order chi connectivity index (χ1) is 12.1. The molecule has 0 saturated carbocycles. The average Bonchev–Trinajstić information content (AvgIpc) is 2.56. The third-order valence-corrected chi connectivity index (χ3v) is 4.58. The van der Waals surface area contributed by atoms with Crippen LogP contribution in [0.4, 0.5) is 11.4 Å². The molecule has 0 fully saturated rings. The van der Waals surface area contributed by atoms with Crippen molar-refractivity contribution in [1.29, 1.82) is 0 Å². The Morgan fingerprint density at radius 2 is 1.82 bits per heavy atom. The summed E-state index contributed by atoms with van der Waals surface area (Å²) in [6.45, 7) is 3.82. The van der Waals surface area contributed by atoms with Crippen molar-refractivity contribution in [3.05, 3.63) is 52.5 Å². The fraction of sp³-hybridized carbons (Fsp3) is 0.188. The third kappa shape index (κ3) is 7.08. The number of aryl methyl sites for hydroxylation is 1. The number of hydrogen-bond acceptors (Lipinski definition) is 5. The van der Waals surface area contributed by atoms with Gasteiger partial charge >= 0.3 is 5.97 Å². The second kappa shape index (κ2) is 11.6. The van der Waals surface area contributed by atoms with Gasteiger partial charge in [-0.3, -0.25) is 4.55 Å². The summed E-state index contributed by atoms with van der Waals surface area (Å²) >= 11 is 5.89. The Labute approximate surface area is 212 Å². The summed E-state index contributed by atoms with van der Waals surface area (Å²) in [5, 5.41) is 19.4. The van der Waals surface area contributed by atoms with Gasteiger partial charge in [0.15, 0.2) is 0 Å². The molecule has 0 saturated heterocycles. The van der Waals surface area contributed by atoms with Crippen LogP contribution >= 0.6 is 11.6 Å². The zero-order chi connectivity index (χ0) is 19.5. The minimum atomic E-state index is -4.52. The van der Waals surface area contributed by atoms with Crippen LogP contribution in [-0.2, 0) is 10.1 Å². The van der Waals surface area contributed by atoms with E-state index in [0.29, 0.717) is 10.7 Å². The van der Waals surface area contributed by atoms with E-state index >= 15 is 0 Å². The molecule has 2 rings (SSSR count). The molecule has 0 bridgehead atoms. The van der Waals surface area contributed by atoms with Crippen LogP contribution in [0.15, 0.2) is 51.6 Å². The molecule has 2 N–H and O–H groups in total. The normalized spacial score (nSPS) is 10.9. The Balaban J connectivity index is 0.00000364. The van der Waals surface area contributed by atoms with Gasteiger partial charge in [-0.15, -0.1) is 5.11 Å². The first kappa shape index (κ1) is 27.5. The van der Waals surface area contributed by atoms with E-state index < -0.39 is 21.0 Å².